The van der Waals surface area contributed by atoms with Crippen LogP contribution in [0.2, 0.25) is 0 Å². The molecule has 1 saturated heterocycles. The van der Waals surface area contributed by atoms with Crippen LogP contribution in [0.5, 0.6) is 11.5 Å². The molecule has 0 bridgehead atoms. The minimum Gasteiger partial charge on any atom is -0.497 e. The van der Waals surface area contributed by atoms with Gasteiger partial charge in [-0.1, -0.05) is 26.0 Å². The summed E-state index contributed by atoms with van der Waals surface area (Å²) in [6.45, 7) is 5.92. The summed E-state index contributed by atoms with van der Waals surface area (Å²) < 4.78 is 11.4. The normalized spacial score (nSPS) is 13.3. The highest BCUT2D eigenvalue weighted by molar-refractivity contribution is 9.10. The molecule has 0 saturated carbocycles. The molecule has 2 aromatic carbocycles. The minimum absolute atomic E-state index is 0.00203. The lowest BCUT2D eigenvalue weighted by atomic mass is 10.2. The molecule has 5 nitrogen and oxygen atoms in total. The second kappa shape index (κ2) is 9.48. The van der Waals surface area contributed by atoms with Crippen LogP contribution in [0, 0.1) is 0 Å². The van der Waals surface area contributed by atoms with Crippen LogP contribution in [0.4, 0.5) is 10.5 Å². The van der Waals surface area contributed by atoms with Crippen LogP contribution >= 0.6 is 15.9 Å². The average Bonchev–Trinajstić information content (AvgIpc) is 3.04. The zero-order valence-corrected chi connectivity index (χ0v) is 17.2. The number of rotatable bonds is 5. The predicted molar refractivity (Wildman–Crippen MR) is 108 cm³/mol. The number of hydrogen-bond donors (Lipinski definition) is 0. The van der Waals surface area contributed by atoms with E-state index < -0.39 is 0 Å². The van der Waals surface area contributed by atoms with Crippen molar-refractivity contribution in [3.05, 3.63) is 52.5 Å². The first-order valence-corrected chi connectivity index (χ1v) is 9.44. The molecule has 26 heavy (non-hydrogen) atoms. The van der Waals surface area contributed by atoms with Gasteiger partial charge in [-0.15, -0.1) is 0 Å². The minimum atomic E-state index is 0.00203. The van der Waals surface area contributed by atoms with Gasteiger partial charge in [-0.2, -0.15) is 0 Å². The Morgan fingerprint density at radius 3 is 2.50 bits per heavy atom. The Kier molecular flexibility index (Phi) is 7.33. The summed E-state index contributed by atoms with van der Waals surface area (Å²) in [7, 11) is 3.26. The van der Waals surface area contributed by atoms with E-state index in [1.165, 1.54) is 0 Å². The Hall–Kier alpha value is -2.21. The van der Waals surface area contributed by atoms with Crippen molar-refractivity contribution in [2.24, 2.45) is 0 Å². The highest BCUT2D eigenvalue weighted by atomic mass is 79.9. The maximum Gasteiger partial charge on any atom is 0.324 e. The number of carbonyl (C=O) groups is 1. The van der Waals surface area contributed by atoms with E-state index in [9.17, 15) is 4.79 Å². The number of anilines is 1. The van der Waals surface area contributed by atoms with E-state index >= 15 is 0 Å². The van der Waals surface area contributed by atoms with E-state index in [2.05, 4.69) is 15.9 Å². The molecule has 1 fully saturated rings. The summed E-state index contributed by atoms with van der Waals surface area (Å²) in [5.41, 5.74) is 1.89. The fraction of sp³-hybridized carbons (Fsp3) is 0.350. The van der Waals surface area contributed by atoms with Crippen LogP contribution in [0.25, 0.3) is 0 Å². The smallest absolute Gasteiger partial charge is 0.324 e. The SMILES string of the molecule is CC.COc1cccc(CN2CCN(c3ccc(Br)c(OC)c3)C2=O)c1. The number of hydrogen-bond acceptors (Lipinski definition) is 3. The monoisotopic (exact) mass is 420 g/mol. The van der Waals surface area contributed by atoms with Crippen LogP contribution in [0.15, 0.2) is 46.9 Å². The Labute approximate surface area is 163 Å². The molecule has 2 amide bonds. The molecule has 0 aromatic heterocycles. The molecule has 2 aromatic rings. The van der Waals surface area contributed by atoms with E-state index in [0.29, 0.717) is 25.4 Å². The zero-order valence-electron chi connectivity index (χ0n) is 15.7. The number of amides is 2. The van der Waals surface area contributed by atoms with Crippen LogP contribution in [0.1, 0.15) is 19.4 Å². The van der Waals surface area contributed by atoms with Crippen molar-refractivity contribution in [1.29, 1.82) is 0 Å². The van der Waals surface area contributed by atoms with Gasteiger partial charge in [-0.05, 0) is 45.8 Å². The molecule has 1 aliphatic heterocycles. The van der Waals surface area contributed by atoms with Crippen molar-refractivity contribution in [3.63, 3.8) is 0 Å². The zero-order chi connectivity index (χ0) is 19.1. The van der Waals surface area contributed by atoms with E-state index in [-0.39, 0.29) is 6.03 Å². The van der Waals surface area contributed by atoms with E-state index in [1.54, 1.807) is 19.1 Å². The van der Waals surface area contributed by atoms with Gasteiger partial charge in [0.1, 0.15) is 11.5 Å². The van der Waals surface area contributed by atoms with Gasteiger partial charge >= 0.3 is 6.03 Å². The number of halogens is 1. The van der Waals surface area contributed by atoms with Crippen LogP contribution in [0.3, 0.4) is 0 Å². The predicted octanol–water partition coefficient (Wildman–Crippen LogP) is 4.93. The van der Waals surface area contributed by atoms with Crippen molar-refractivity contribution >= 4 is 27.6 Å². The van der Waals surface area contributed by atoms with E-state index in [0.717, 1.165) is 21.5 Å². The lowest BCUT2D eigenvalue weighted by Crippen LogP contribution is -2.31. The van der Waals surface area contributed by atoms with Crippen molar-refractivity contribution < 1.29 is 14.3 Å². The highest BCUT2D eigenvalue weighted by Crippen LogP contribution is 2.31. The first-order chi connectivity index (χ1) is 12.6. The molecule has 0 N–H and O–H groups in total. The number of urea groups is 1. The number of nitrogens with zero attached hydrogens (tertiary/aromatic N) is 2. The van der Waals surface area contributed by atoms with Crippen LogP contribution in [-0.4, -0.2) is 38.2 Å². The summed E-state index contributed by atoms with van der Waals surface area (Å²) in [4.78, 5) is 16.3. The molecule has 140 valence electrons. The van der Waals surface area contributed by atoms with Crippen LogP contribution in [-0.2, 0) is 6.54 Å². The van der Waals surface area contributed by atoms with Gasteiger partial charge in [0.25, 0.3) is 0 Å². The maximum atomic E-state index is 12.7. The van der Waals surface area contributed by atoms with Crippen molar-refractivity contribution in [2.75, 3.05) is 32.2 Å². The van der Waals surface area contributed by atoms with Crippen molar-refractivity contribution in [2.45, 2.75) is 20.4 Å². The second-order valence-corrected chi connectivity index (χ2v) is 6.38. The molecule has 1 aliphatic rings. The lowest BCUT2D eigenvalue weighted by molar-refractivity contribution is 0.218. The van der Waals surface area contributed by atoms with Gasteiger partial charge in [-0.3, -0.25) is 4.90 Å². The van der Waals surface area contributed by atoms with Gasteiger partial charge in [0.15, 0.2) is 0 Å². The summed E-state index contributed by atoms with van der Waals surface area (Å²) >= 11 is 3.43. The summed E-state index contributed by atoms with van der Waals surface area (Å²) in [6.07, 6.45) is 0. The number of benzene rings is 2. The molecule has 0 unspecified atom stereocenters. The maximum absolute atomic E-state index is 12.7. The summed E-state index contributed by atoms with van der Waals surface area (Å²) in [5.74, 6) is 1.51. The molecule has 0 spiro atoms. The third-order valence-corrected chi connectivity index (χ3v) is 4.70. The Bertz CT molecular complexity index is 752. The number of carbonyl (C=O) groups excluding carboxylic acids is 1. The molecular weight excluding hydrogens is 396 g/mol. The first kappa shape index (κ1) is 20.1. The Balaban J connectivity index is 0.00000117. The standard InChI is InChI=1S/C18H19BrN2O3.C2H6/c1-23-15-5-3-4-13(10-15)12-20-8-9-21(18(20)22)14-6-7-16(19)17(11-14)24-2;1-2/h3-7,10-11H,8-9,12H2,1-2H3;1-2H3. The Morgan fingerprint density at radius 2 is 1.81 bits per heavy atom. The lowest BCUT2D eigenvalue weighted by Gasteiger charge is -2.19. The third kappa shape index (κ3) is 4.49. The number of ether oxygens (including phenoxy) is 2. The van der Waals surface area contributed by atoms with Crippen molar-refractivity contribution in [3.8, 4) is 11.5 Å². The molecular formula is C20H25BrN2O3. The van der Waals surface area contributed by atoms with E-state index in [1.807, 2.05) is 61.2 Å². The molecule has 3 rings (SSSR count). The summed E-state index contributed by atoms with van der Waals surface area (Å²) in [5, 5.41) is 0. The van der Waals surface area contributed by atoms with Crippen LogP contribution < -0.4 is 14.4 Å². The van der Waals surface area contributed by atoms with Gasteiger partial charge in [-0.25, -0.2) is 4.79 Å². The van der Waals surface area contributed by atoms with E-state index in [4.69, 9.17) is 9.47 Å². The van der Waals surface area contributed by atoms with Gasteiger partial charge in [0.2, 0.25) is 0 Å². The highest BCUT2D eigenvalue weighted by Gasteiger charge is 2.29. The topological polar surface area (TPSA) is 42.0 Å². The third-order valence-electron chi connectivity index (χ3n) is 4.05. The van der Waals surface area contributed by atoms with Crippen molar-refractivity contribution in [1.82, 2.24) is 4.90 Å². The Morgan fingerprint density at radius 1 is 1.04 bits per heavy atom. The number of methoxy groups -OCH3 is 2. The molecule has 0 atom stereocenters. The van der Waals surface area contributed by atoms with Gasteiger partial charge in [0.05, 0.1) is 18.7 Å². The van der Waals surface area contributed by atoms with Gasteiger partial charge in [0, 0.05) is 31.4 Å². The fourth-order valence-corrected chi connectivity index (χ4v) is 3.18. The quantitative estimate of drug-likeness (QED) is 0.687. The molecule has 1 heterocycles. The largest absolute Gasteiger partial charge is 0.497 e. The summed E-state index contributed by atoms with van der Waals surface area (Å²) in [6, 6.07) is 13.5. The molecule has 0 aliphatic carbocycles. The molecule has 0 radical (unpaired) electrons. The second-order valence-electron chi connectivity index (χ2n) is 5.53. The first-order valence-electron chi connectivity index (χ1n) is 8.65. The fourth-order valence-electron chi connectivity index (χ4n) is 2.78. The van der Waals surface area contributed by atoms with Gasteiger partial charge < -0.3 is 14.4 Å². The average molecular weight is 421 g/mol. The molecule has 6 heteroatoms.